The summed E-state index contributed by atoms with van der Waals surface area (Å²) >= 11 is 5.88. The number of nitrogen functional groups attached to an aromatic ring is 2. The summed E-state index contributed by atoms with van der Waals surface area (Å²) < 4.78 is 14.3. The van der Waals surface area contributed by atoms with Crippen LogP contribution in [0, 0.1) is 11.7 Å². The molecule has 6 heteroatoms. The summed E-state index contributed by atoms with van der Waals surface area (Å²) in [4.78, 5) is 4.10. The van der Waals surface area contributed by atoms with E-state index in [1.807, 2.05) is 19.0 Å². The molecule has 0 aromatic heterocycles. The van der Waals surface area contributed by atoms with E-state index in [0.29, 0.717) is 23.3 Å². The van der Waals surface area contributed by atoms with E-state index in [-0.39, 0.29) is 10.7 Å². The molecule has 1 heterocycles. The van der Waals surface area contributed by atoms with Crippen LogP contribution in [0.1, 0.15) is 6.92 Å². The number of nitrogens with zero attached hydrogens (tertiary/aromatic N) is 2. The first kappa shape index (κ1) is 14.2. The summed E-state index contributed by atoms with van der Waals surface area (Å²) in [5.74, 6) is -0.0871. The fraction of sp³-hybridized carbons (Fsp3) is 0.538. The molecule has 0 amide bonds. The van der Waals surface area contributed by atoms with E-state index >= 15 is 0 Å². The molecule has 1 aromatic carbocycles. The van der Waals surface area contributed by atoms with Gasteiger partial charge in [-0.1, -0.05) is 18.5 Å². The zero-order valence-electron chi connectivity index (χ0n) is 11.5. The Labute approximate surface area is 118 Å². The average Bonchev–Trinajstić information content (AvgIpc) is 2.68. The predicted molar refractivity (Wildman–Crippen MR) is 79.1 cm³/mol. The highest BCUT2D eigenvalue weighted by molar-refractivity contribution is 6.33. The highest BCUT2D eigenvalue weighted by Crippen LogP contribution is 2.38. The van der Waals surface area contributed by atoms with Gasteiger partial charge in [0, 0.05) is 19.1 Å². The van der Waals surface area contributed by atoms with Gasteiger partial charge < -0.3 is 21.3 Å². The molecule has 1 saturated heterocycles. The van der Waals surface area contributed by atoms with Gasteiger partial charge >= 0.3 is 0 Å². The van der Waals surface area contributed by atoms with Gasteiger partial charge in [-0.2, -0.15) is 0 Å². The van der Waals surface area contributed by atoms with Crippen LogP contribution in [0.5, 0.6) is 0 Å². The summed E-state index contributed by atoms with van der Waals surface area (Å²) in [5, 5.41) is -0.0508. The Balaban J connectivity index is 2.37. The number of hydrogen-bond acceptors (Lipinski definition) is 4. The van der Waals surface area contributed by atoms with Crippen LogP contribution in [0.2, 0.25) is 5.02 Å². The molecule has 0 bridgehead atoms. The van der Waals surface area contributed by atoms with E-state index in [0.717, 1.165) is 13.1 Å². The lowest BCUT2D eigenvalue weighted by atomic mass is 10.1. The summed E-state index contributed by atoms with van der Waals surface area (Å²) in [6.07, 6.45) is 0. The summed E-state index contributed by atoms with van der Waals surface area (Å²) in [6.45, 7) is 3.64. The molecular weight excluding hydrogens is 267 g/mol. The van der Waals surface area contributed by atoms with E-state index in [1.165, 1.54) is 6.07 Å². The Morgan fingerprint density at radius 3 is 2.47 bits per heavy atom. The Bertz CT molecular complexity index is 492. The number of halogens is 2. The van der Waals surface area contributed by atoms with Crippen molar-refractivity contribution < 1.29 is 4.39 Å². The Morgan fingerprint density at radius 1 is 1.32 bits per heavy atom. The van der Waals surface area contributed by atoms with Gasteiger partial charge in [-0.15, -0.1) is 0 Å². The molecule has 1 fully saturated rings. The number of likely N-dealkylation sites (N-methyl/N-ethyl adjacent to an activating group) is 1. The number of rotatable bonds is 2. The normalized spacial score (nSPS) is 23.4. The lowest BCUT2D eigenvalue weighted by Crippen LogP contribution is -2.34. The first-order chi connectivity index (χ1) is 8.82. The van der Waals surface area contributed by atoms with Crippen molar-refractivity contribution in [2.45, 2.75) is 13.0 Å². The predicted octanol–water partition coefficient (Wildman–Crippen LogP) is 2.03. The summed E-state index contributed by atoms with van der Waals surface area (Å²) in [6, 6.07) is 1.89. The fourth-order valence-electron chi connectivity index (χ4n) is 2.78. The van der Waals surface area contributed by atoms with Gasteiger partial charge in [-0.3, -0.25) is 0 Å². The van der Waals surface area contributed by atoms with Crippen LogP contribution >= 0.6 is 11.6 Å². The van der Waals surface area contributed by atoms with Gasteiger partial charge in [0.2, 0.25) is 0 Å². The number of anilines is 3. The van der Waals surface area contributed by atoms with E-state index in [1.54, 1.807) is 0 Å². The van der Waals surface area contributed by atoms with Crippen molar-refractivity contribution in [3.63, 3.8) is 0 Å². The van der Waals surface area contributed by atoms with Crippen molar-refractivity contribution in [1.29, 1.82) is 0 Å². The van der Waals surface area contributed by atoms with Gasteiger partial charge in [0.05, 0.1) is 17.1 Å². The highest BCUT2D eigenvalue weighted by atomic mass is 35.5. The largest absolute Gasteiger partial charge is 0.397 e. The molecule has 106 valence electrons. The molecule has 4 nitrogen and oxygen atoms in total. The zero-order chi connectivity index (χ0) is 14.3. The molecule has 2 atom stereocenters. The van der Waals surface area contributed by atoms with Gasteiger partial charge in [-0.05, 0) is 26.1 Å². The van der Waals surface area contributed by atoms with E-state index < -0.39 is 5.82 Å². The molecule has 2 unspecified atom stereocenters. The third-order valence-electron chi connectivity index (χ3n) is 3.79. The monoisotopic (exact) mass is 286 g/mol. The van der Waals surface area contributed by atoms with Crippen molar-refractivity contribution in [2.24, 2.45) is 5.92 Å². The minimum absolute atomic E-state index is 0.0508. The van der Waals surface area contributed by atoms with E-state index in [9.17, 15) is 4.39 Å². The number of hydrogen-bond donors (Lipinski definition) is 2. The van der Waals surface area contributed by atoms with Gasteiger partial charge in [0.15, 0.2) is 5.82 Å². The van der Waals surface area contributed by atoms with Crippen molar-refractivity contribution in [3.8, 4) is 0 Å². The second-order valence-electron chi connectivity index (χ2n) is 5.44. The van der Waals surface area contributed by atoms with Gasteiger partial charge in [-0.25, -0.2) is 4.39 Å². The smallest absolute Gasteiger partial charge is 0.169 e. The molecule has 0 aliphatic carbocycles. The second kappa shape index (κ2) is 5.06. The van der Waals surface area contributed by atoms with Gasteiger partial charge in [0.1, 0.15) is 5.02 Å². The maximum atomic E-state index is 14.3. The quantitative estimate of drug-likeness (QED) is 0.817. The molecule has 2 rings (SSSR count). The first-order valence-corrected chi connectivity index (χ1v) is 6.65. The molecule has 19 heavy (non-hydrogen) atoms. The van der Waals surface area contributed by atoms with Crippen molar-refractivity contribution in [3.05, 3.63) is 16.9 Å². The van der Waals surface area contributed by atoms with Crippen LogP contribution in [0.3, 0.4) is 0 Å². The lowest BCUT2D eigenvalue weighted by molar-refractivity contribution is 0.266. The minimum Gasteiger partial charge on any atom is -0.397 e. The SMILES string of the molecule is CC1CN(c2c(N)cc(N)c(Cl)c2F)CC1N(C)C. The van der Waals surface area contributed by atoms with Crippen LogP contribution in [0.15, 0.2) is 6.07 Å². The Hall–Kier alpha value is -1.20. The van der Waals surface area contributed by atoms with Gasteiger partial charge in [0.25, 0.3) is 0 Å². The average molecular weight is 287 g/mol. The van der Waals surface area contributed by atoms with Crippen LogP contribution < -0.4 is 16.4 Å². The van der Waals surface area contributed by atoms with E-state index in [2.05, 4.69) is 11.8 Å². The molecule has 0 saturated carbocycles. The lowest BCUT2D eigenvalue weighted by Gasteiger charge is -2.24. The fourth-order valence-corrected chi connectivity index (χ4v) is 2.93. The van der Waals surface area contributed by atoms with Crippen LogP contribution in [-0.2, 0) is 0 Å². The van der Waals surface area contributed by atoms with E-state index in [4.69, 9.17) is 23.1 Å². The molecule has 1 aliphatic heterocycles. The number of benzene rings is 1. The summed E-state index contributed by atoms with van der Waals surface area (Å²) in [5.41, 5.74) is 12.4. The van der Waals surface area contributed by atoms with Crippen LogP contribution in [0.25, 0.3) is 0 Å². The topological polar surface area (TPSA) is 58.5 Å². The Kier molecular flexibility index (Phi) is 3.78. The van der Waals surface area contributed by atoms with Crippen molar-refractivity contribution in [2.75, 3.05) is 43.6 Å². The second-order valence-corrected chi connectivity index (χ2v) is 5.82. The maximum absolute atomic E-state index is 14.3. The molecule has 0 radical (unpaired) electrons. The molecule has 4 N–H and O–H groups in total. The molecule has 1 aromatic rings. The van der Waals surface area contributed by atoms with Crippen LogP contribution in [-0.4, -0.2) is 38.1 Å². The molecule has 0 spiro atoms. The number of nitrogens with two attached hydrogens (primary N) is 2. The minimum atomic E-state index is -0.522. The zero-order valence-corrected chi connectivity index (χ0v) is 12.2. The maximum Gasteiger partial charge on any atom is 0.169 e. The first-order valence-electron chi connectivity index (χ1n) is 6.27. The molecule has 1 aliphatic rings. The summed E-state index contributed by atoms with van der Waals surface area (Å²) in [7, 11) is 4.06. The molecular formula is C13H20ClFN4. The van der Waals surface area contributed by atoms with Crippen molar-refractivity contribution >= 4 is 28.7 Å². The van der Waals surface area contributed by atoms with Crippen molar-refractivity contribution in [1.82, 2.24) is 4.90 Å². The highest BCUT2D eigenvalue weighted by Gasteiger charge is 2.33. The third kappa shape index (κ3) is 2.44. The Morgan fingerprint density at radius 2 is 1.95 bits per heavy atom. The third-order valence-corrected chi connectivity index (χ3v) is 4.17. The standard InChI is InChI=1S/C13H20ClFN4/c1-7-5-19(6-10(7)18(2)3)13-9(17)4-8(16)11(14)12(13)15/h4,7,10H,5-6,16-17H2,1-3H3. The van der Waals surface area contributed by atoms with Crippen LogP contribution in [0.4, 0.5) is 21.5 Å².